The van der Waals surface area contributed by atoms with Crippen molar-refractivity contribution in [2.24, 2.45) is 10.7 Å². The summed E-state index contributed by atoms with van der Waals surface area (Å²) >= 11 is 5.96. The van der Waals surface area contributed by atoms with E-state index in [0.29, 0.717) is 24.2 Å². The number of nitrogens with zero attached hydrogens (tertiary/aromatic N) is 3. The third-order valence-electron chi connectivity index (χ3n) is 5.83. The zero-order chi connectivity index (χ0) is 22.6. The molecule has 1 amide bonds. The van der Waals surface area contributed by atoms with Gasteiger partial charge in [0.15, 0.2) is 11.5 Å². The van der Waals surface area contributed by atoms with Crippen molar-refractivity contribution in [1.82, 2.24) is 9.88 Å². The summed E-state index contributed by atoms with van der Waals surface area (Å²) in [5.41, 5.74) is 6.09. The van der Waals surface area contributed by atoms with Crippen molar-refractivity contribution in [2.45, 2.75) is 12.0 Å². The molecule has 162 valence electrons. The van der Waals surface area contributed by atoms with E-state index in [1.54, 1.807) is 12.1 Å². The van der Waals surface area contributed by atoms with Gasteiger partial charge in [-0.3, -0.25) is 9.69 Å². The highest BCUT2D eigenvalue weighted by molar-refractivity contribution is 6.30. The first-order valence-corrected chi connectivity index (χ1v) is 10.2. The number of pyridine rings is 1. The van der Waals surface area contributed by atoms with Gasteiger partial charge in [0.05, 0.1) is 11.6 Å². The van der Waals surface area contributed by atoms with E-state index >= 15 is 0 Å². The number of aliphatic imine (C=N–C) groups is 1. The van der Waals surface area contributed by atoms with E-state index in [2.05, 4.69) is 9.98 Å². The van der Waals surface area contributed by atoms with E-state index < -0.39 is 23.2 Å². The minimum Gasteiger partial charge on any atom is -0.493 e. The van der Waals surface area contributed by atoms with Gasteiger partial charge < -0.3 is 10.5 Å². The highest BCUT2D eigenvalue weighted by Crippen LogP contribution is 2.43. The Labute approximate surface area is 187 Å². The number of carbonyl (C=O) groups excluding carboxylic acids is 1. The molecule has 6 nitrogen and oxygen atoms in total. The fourth-order valence-electron chi connectivity index (χ4n) is 4.16. The van der Waals surface area contributed by atoms with Crippen molar-refractivity contribution in [3.63, 3.8) is 0 Å². The minimum atomic E-state index is -1.55. The molecular formula is C23H17ClF2N4O2. The molecule has 0 aliphatic carbocycles. The molecule has 0 saturated heterocycles. The Hall–Kier alpha value is -3.52. The van der Waals surface area contributed by atoms with Crippen LogP contribution in [0.1, 0.15) is 16.7 Å². The third kappa shape index (κ3) is 2.94. The number of carbonyl (C=O) groups is 1. The van der Waals surface area contributed by atoms with Gasteiger partial charge in [-0.05, 0) is 47.0 Å². The highest BCUT2D eigenvalue weighted by Gasteiger charge is 2.50. The zero-order valence-corrected chi connectivity index (χ0v) is 17.7. The maximum atomic E-state index is 14.8. The number of hydrogen-bond donors (Lipinski definition) is 1. The molecule has 0 saturated carbocycles. The van der Waals surface area contributed by atoms with E-state index in [4.69, 9.17) is 22.1 Å². The normalized spacial score (nSPS) is 19.7. The van der Waals surface area contributed by atoms with Crippen LogP contribution < -0.4 is 10.5 Å². The number of guanidine groups is 1. The summed E-state index contributed by atoms with van der Waals surface area (Å²) in [5.74, 6) is -1.21. The molecule has 0 bridgehead atoms. The van der Waals surface area contributed by atoms with E-state index in [0.717, 1.165) is 17.5 Å². The topological polar surface area (TPSA) is 80.8 Å². The molecule has 9 heteroatoms. The van der Waals surface area contributed by atoms with Gasteiger partial charge in [-0.1, -0.05) is 23.7 Å². The van der Waals surface area contributed by atoms with Gasteiger partial charge in [-0.2, -0.15) is 4.39 Å². The first kappa shape index (κ1) is 20.4. The molecule has 1 aromatic heterocycles. The van der Waals surface area contributed by atoms with Crippen molar-refractivity contribution in [3.05, 3.63) is 82.1 Å². The Morgan fingerprint density at radius 1 is 1.12 bits per heavy atom. The van der Waals surface area contributed by atoms with Crippen LogP contribution in [0.25, 0.3) is 11.1 Å². The fourth-order valence-corrected chi connectivity index (χ4v) is 4.32. The molecule has 3 aromatic rings. The quantitative estimate of drug-likeness (QED) is 0.613. The van der Waals surface area contributed by atoms with E-state index in [-0.39, 0.29) is 22.1 Å². The molecule has 1 unspecified atom stereocenters. The summed E-state index contributed by atoms with van der Waals surface area (Å²) in [7, 11) is 1.52. The van der Waals surface area contributed by atoms with Crippen LogP contribution in [-0.2, 0) is 16.8 Å². The maximum absolute atomic E-state index is 14.8. The number of nitrogens with two attached hydrogens (primary N) is 1. The van der Waals surface area contributed by atoms with E-state index in [1.165, 1.54) is 36.2 Å². The van der Waals surface area contributed by atoms with Crippen LogP contribution in [0.5, 0.6) is 5.75 Å². The largest absolute Gasteiger partial charge is 0.493 e. The summed E-state index contributed by atoms with van der Waals surface area (Å²) < 4.78 is 34.8. The van der Waals surface area contributed by atoms with Crippen LogP contribution in [0, 0.1) is 11.8 Å². The standard InChI is InChI=1S/C23H17ClF2N4O2/c1-30-21(31)23(29-22(30)27,13-3-5-19-12(8-13)6-7-32-19)14-2-4-18(25)16(9-14)17-10-15(24)11-28-20(17)26/h2-5,8-11H,6-7H2,1H3,(H2,27,29). The van der Waals surface area contributed by atoms with Crippen LogP contribution >= 0.6 is 11.6 Å². The number of halogens is 3. The van der Waals surface area contributed by atoms with Gasteiger partial charge in [-0.15, -0.1) is 0 Å². The Bertz CT molecular complexity index is 1310. The van der Waals surface area contributed by atoms with Crippen molar-refractivity contribution in [3.8, 4) is 16.9 Å². The fraction of sp³-hybridized carbons (Fsp3) is 0.174. The monoisotopic (exact) mass is 454 g/mol. The number of benzene rings is 2. The van der Waals surface area contributed by atoms with Crippen LogP contribution in [-0.4, -0.2) is 35.4 Å². The highest BCUT2D eigenvalue weighted by atomic mass is 35.5. The van der Waals surface area contributed by atoms with Crippen LogP contribution in [0.4, 0.5) is 8.78 Å². The first-order chi connectivity index (χ1) is 15.3. The van der Waals surface area contributed by atoms with E-state index in [1.807, 2.05) is 6.07 Å². The average molecular weight is 455 g/mol. The van der Waals surface area contributed by atoms with Gasteiger partial charge in [0.2, 0.25) is 5.95 Å². The molecule has 5 rings (SSSR count). The van der Waals surface area contributed by atoms with Gasteiger partial charge in [0.25, 0.3) is 5.91 Å². The van der Waals surface area contributed by atoms with Gasteiger partial charge in [-0.25, -0.2) is 14.4 Å². The van der Waals surface area contributed by atoms with Gasteiger partial charge in [0.1, 0.15) is 11.6 Å². The number of ether oxygens (including phenoxy) is 1. The summed E-state index contributed by atoms with van der Waals surface area (Å²) in [5, 5.41) is 0.151. The van der Waals surface area contributed by atoms with Crippen molar-refractivity contribution in [1.29, 1.82) is 0 Å². The van der Waals surface area contributed by atoms with E-state index in [9.17, 15) is 13.6 Å². The minimum absolute atomic E-state index is 0.0215. The van der Waals surface area contributed by atoms with Crippen molar-refractivity contribution in [2.75, 3.05) is 13.7 Å². The van der Waals surface area contributed by atoms with Crippen LogP contribution in [0.2, 0.25) is 5.02 Å². The molecule has 2 aromatic carbocycles. The number of fused-ring (bicyclic) bond motifs is 1. The Balaban J connectivity index is 1.76. The number of aromatic nitrogens is 1. The molecule has 0 spiro atoms. The average Bonchev–Trinajstić information content (AvgIpc) is 3.34. The summed E-state index contributed by atoms with van der Waals surface area (Å²) in [4.78, 5) is 22.8. The first-order valence-electron chi connectivity index (χ1n) is 9.82. The number of likely N-dealkylation sites (N-methyl/N-ethyl adjacent to an activating group) is 1. The molecule has 2 N–H and O–H groups in total. The van der Waals surface area contributed by atoms with Crippen molar-refractivity contribution >= 4 is 23.5 Å². The Morgan fingerprint density at radius 3 is 2.62 bits per heavy atom. The number of rotatable bonds is 3. The van der Waals surface area contributed by atoms with Gasteiger partial charge >= 0.3 is 0 Å². The lowest BCUT2D eigenvalue weighted by Crippen LogP contribution is -2.41. The SMILES string of the molecule is CN1C(=O)C(c2ccc3c(c2)CCO3)(c2ccc(F)c(-c3cc(Cl)cnc3F)c2)N=C1N. The second kappa shape index (κ2) is 7.27. The molecule has 3 heterocycles. The lowest BCUT2D eigenvalue weighted by molar-refractivity contribution is -0.129. The maximum Gasteiger partial charge on any atom is 0.266 e. The summed E-state index contributed by atoms with van der Waals surface area (Å²) in [6, 6.07) is 10.7. The molecule has 1 atom stereocenters. The lowest BCUT2D eigenvalue weighted by Gasteiger charge is -2.27. The van der Waals surface area contributed by atoms with Crippen LogP contribution in [0.15, 0.2) is 53.7 Å². The molecule has 2 aliphatic heterocycles. The van der Waals surface area contributed by atoms with Crippen molar-refractivity contribution < 1.29 is 18.3 Å². The summed E-state index contributed by atoms with van der Waals surface area (Å²) in [6.45, 7) is 0.548. The molecule has 2 aliphatic rings. The Kier molecular flexibility index (Phi) is 4.63. The lowest BCUT2D eigenvalue weighted by atomic mass is 9.81. The second-order valence-electron chi connectivity index (χ2n) is 7.65. The summed E-state index contributed by atoms with van der Waals surface area (Å²) in [6.07, 6.45) is 1.83. The molecule has 0 radical (unpaired) electrons. The molecular weight excluding hydrogens is 438 g/mol. The number of hydrogen-bond acceptors (Lipinski definition) is 5. The second-order valence-corrected chi connectivity index (χ2v) is 8.09. The third-order valence-corrected chi connectivity index (χ3v) is 6.03. The molecule has 0 fully saturated rings. The Morgan fingerprint density at radius 2 is 1.88 bits per heavy atom. The predicted octanol–water partition coefficient (Wildman–Crippen LogP) is 3.65. The zero-order valence-electron chi connectivity index (χ0n) is 16.9. The smallest absolute Gasteiger partial charge is 0.266 e. The predicted molar refractivity (Wildman–Crippen MR) is 115 cm³/mol. The molecule has 32 heavy (non-hydrogen) atoms. The number of amides is 1. The van der Waals surface area contributed by atoms with Gasteiger partial charge in [0, 0.05) is 30.8 Å². The van der Waals surface area contributed by atoms with Crippen LogP contribution in [0.3, 0.4) is 0 Å².